The van der Waals surface area contributed by atoms with Crippen molar-refractivity contribution in [1.29, 1.82) is 5.26 Å². The average molecular weight is 208 g/mol. The van der Waals surface area contributed by atoms with Crippen molar-refractivity contribution >= 4 is 0 Å². The van der Waals surface area contributed by atoms with Crippen molar-refractivity contribution < 1.29 is 0 Å². The van der Waals surface area contributed by atoms with Crippen LogP contribution in [0.25, 0.3) is 10.4 Å². The number of hydrogen-bond donors (Lipinski definition) is 2. The van der Waals surface area contributed by atoms with Crippen molar-refractivity contribution in [1.82, 2.24) is 10.6 Å². The van der Waals surface area contributed by atoms with E-state index in [1.54, 1.807) is 0 Å². The van der Waals surface area contributed by atoms with Crippen molar-refractivity contribution in [3.63, 3.8) is 0 Å². The second-order valence-corrected chi connectivity index (χ2v) is 3.71. The lowest BCUT2D eigenvalue weighted by Gasteiger charge is -2.32. The van der Waals surface area contributed by atoms with Gasteiger partial charge in [-0.3, -0.25) is 5.32 Å². The minimum Gasteiger partial charge on any atom is -0.314 e. The highest BCUT2D eigenvalue weighted by molar-refractivity contribution is 5.10. The van der Waals surface area contributed by atoms with Gasteiger partial charge in [0, 0.05) is 18.0 Å². The molecule has 0 amide bonds. The fourth-order valence-electron chi connectivity index (χ4n) is 1.71. The highest BCUT2D eigenvalue weighted by Crippen LogP contribution is 2.14. The molecule has 0 spiro atoms. The molecule has 1 rings (SSSR count). The molecule has 1 fully saturated rings. The smallest absolute Gasteiger partial charge is 0.119 e. The van der Waals surface area contributed by atoms with E-state index in [-0.39, 0.29) is 0 Å². The van der Waals surface area contributed by atoms with Crippen LogP contribution in [0.1, 0.15) is 19.3 Å². The Labute approximate surface area is 89.3 Å². The van der Waals surface area contributed by atoms with Gasteiger partial charge in [-0.25, -0.2) is 0 Å². The normalized spacial score (nSPS) is 25.3. The standard InChI is InChI=1S/C9H16N6/c10-7-9(3-1-4-12-8-9)13-5-2-6-14-15-11/h12-13H,1-6,8H2. The second-order valence-electron chi connectivity index (χ2n) is 3.71. The maximum Gasteiger partial charge on any atom is 0.119 e. The molecule has 1 aliphatic rings. The third-order valence-corrected chi connectivity index (χ3v) is 2.56. The molecule has 0 aromatic heterocycles. The summed E-state index contributed by atoms with van der Waals surface area (Å²) in [6.45, 7) is 2.89. The molecule has 15 heavy (non-hydrogen) atoms. The number of hydrogen-bond acceptors (Lipinski definition) is 4. The Kier molecular flexibility index (Phi) is 4.91. The molecular weight excluding hydrogens is 192 g/mol. The largest absolute Gasteiger partial charge is 0.314 e. The molecule has 0 aromatic rings. The Morgan fingerprint density at radius 1 is 1.67 bits per heavy atom. The second kappa shape index (κ2) is 6.25. The molecule has 1 saturated heterocycles. The molecule has 0 saturated carbocycles. The van der Waals surface area contributed by atoms with Gasteiger partial charge in [-0.1, -0.05) is 5.11 Å². The van der Waals surface area contributed by atoms with Crippen LogP contribution < -0.4 is 10.6 Å². The first kappa shape index (κ1) is 11.8. The number of piperidine rings is 1. The first-order chi connectivity index (χ1) is 7.33. The van der Waals surface area contributed by atoms with Crippen LogP contribution >= 0.6 is 0 Å². The molecule has 0 bridgehead atoms. The molecule has 1 heterocycles. The molecule has 6 heteroatoms. The fraction of sp³-hybridized carbons (Fsp3) is 0.889. The zero-order chi connectivity index (χ0) is 11.0. The van der Waals surface area contributed by atoms with Gasteiger partial charge in [-0.2, -0.15) is 5.26 Å². The van der Waals surface area contributed by atoms with Gasteiger partial charge in [0.15, 0.2) is 0 Å². The first-order valence-electron chi connectivity index (χ1n) is 5.21. The minimum absolute atomic E-state index is 0.422. The SMILES string of the molecule is N#CC1(NCCCN=[N+]=[N-])CCCNC1. The van der Waals surface area contributed by atoms with E-state index in [4.69, 9.17) is 10.8 Å². The van der Waals surface area contributed by atoms with Crippen LogP contribution in [0.15, 0.2) is 5.11 Å². The molecule has 0 aromatic carbocycles. The van der Waals surface area contributed by atoms with Gasteiger partial charge in [-0.15, -0.1) is 0 Å². The van der Waals surface area contributed by atoms with Crippen molar-refractivity contribution in [3.8, 4) is 6.07 Å². The van der Waals surface area contributed by atoms with Crippen LogP contribution in [-0.2, 0) is 0 Å². The Balaban J connectivity index is 2.27. The van der Waals surface area contributed by atoms with Crippen molar-refractivity contribution in [2.75, 3.05) is 26.2 Å². The molecular formula is C9H16N6. The van der Waals surface area contributed by atoms with Crippen molar-refractivity contribution in [2.24, 2.45) is 5.11 Å². The van der Waals surface area contributed by atoms with E-state index in [1.165, 1.54) is 0 Å². The summed E-state index contributed by atoms with van der Waals surface area (Å²) < 4.78 is 0. The fourth-order valence-corrected chi connectivity index (χ4v) is 1.71. The number of rotatable bonds is 5. The van der Waals surface area contributed by atoms with Crippen LogP contribution in [0, 0.1) is 11.3 Å². The molecule has 1 unspecified atom stereocenters. The van der Waals surface area contributed by atoms with Crippen molar-refractivity contribution in [3.05, 3.63) is 10.4 Å². The van der Waals surface area contributed by atoms with Crippen LogP contribution in [0.5, 0.6) is 0 Å². The van der Waals surface area contributed by atoms with E-state index in [1.807, 2.05) is 0 Å². The summed E-state index contributed by atoms with van der Waals surface area (Å²) >= 11 is 0. The van der Waals surface area contributed by atoms with Gasteiger partial charge in [0.25, 0.3) is 0 Å². The topological polar surface area (TPSA) is 96.6 Å². The quantitative estimate of drug-likeness (QED) is 0.304. The van der Waals surface area contributed by atoms with Gasteiger partial charge in [-0.05, 0) is 37.9 Å². The van der Waals surface area contributed by atoms with E-state index in [2.05, 4.69) is 26.7 Å². The predicted molar refractivity (Wildman–Crippen MR) is 57.1 cm³/mol. The van der Waals surface area contributed by atoms with Crippen LogP contribution in [0.3, 0.4) is 0 Å². The summed E-state index contributed by atoms with van der Waals surface area (Å²) in [6.07, 6.45) is 2.68. The third-order valence-electron chi connectivity index (χ3n) is 2.56. The summed E-state index contributed by atoms with van der Waals surface area (Å²) in [4.78, 5) is 2.68. The highest BCUT2D eigenvalue weighted by Gasteiger charge is 2.30. The Hall–Kier alpha value is -1.28. The van der Waals surface area contributed by atoms with Crippen LogP contribution in [0.2, 0.25) is 0 Å². The summed E-state index contributed by atoms with van der Waals surface area (Å²) in [5.41, 5.74) is 7.66. The Morgan fingerprint density at radius 2 is 2.53 bits per heavy atom. The zero-order valence-corrected chi connectivity index (χ0v) is 8.74. The molecule has 82 valence electrons. The summed E-state index contributed by atoms with van der Waals surface area (Å²) in [5.74, 6) is 0. The van der Waals surface area contributed by atoms with Gasteiger partial charge < -0.3 is 5.32 Å². The predicted octanol–water partition coefficient (Wildman–Crippen LogP) is 0.922. The van der Waals surface area contributed by atoms with Gasteiger partial charge >= 0.3 is 0 Å². The lowest BCUT2D eigenvalue weighted by atomic mass is 9.92. The van der Waals surface area contributed by atoms with E-state index in [9.17, 15) is 0 Å². The molecule has 1 atom stereocenters. The van der Waals surface area contributed by atoms with Crippen LogP contribution in [0.4, 0.5) is 0 Å². The molecule has 0 radical (unpaired) electrons. The van der Waals surface area contributed by atoms with E-state index in [0.29, 0.717) is 19.6 Å². The van der Waals surface area contributed by atoms with E-state index < -0.39 is 5.54 Å². The first-order valence-corrected chi connectivity index (χ1v) is 5.21. The van der Waals surface area contributed by atoms with E-state index in [0.717, 1.165) is 25.8 Å². The van der Waals surface area contributed by atoms with Gasteiger partial charge in [0.2, 0.25) is 0 Å². The minimum atomic E-state index is -0.422. The highest BCUT2D eigenvalue weighted by atomic mass is 15.1. The lowest BCUT2D eigenvalue weighted by molar-refractivity contribution is 0.315. The molecule has 2 N–H and O–H groups in total. The van der Waals surface area contributed by atoms with Crippen molar-refractivity contribution in [2.45, 2.75) is 24.8 Å². The van der Waals surface area contributed by atoms with Gasteiger partial charge in [0.05, 0.1) is 6.07 Å². The molecule has 1 aliphatic heterocycles. The third kappa shape index (κ3) is 3.76. The summed E-state index contributed by atoms with van der Waals surface area (Å²) in [5, 5.41) is 19.0. The number of nitrogens with zero attached hydrogens (tertiary/aromatic N) is 4. The molecule has 0 aliphatic carbocycles. The monoisotopic (exact) mass is 208 g/mol. The Morgan fingerprint density at radius 3 is 3.13 bits per heavy atom. The maximum absolute atomic E-state index is 9.11. The molecule has 6 nitrogen and oxygen atoms in total. The van der Waals surface area contributed by atoms with Crippen LogP contribution in [-0.4, -0.2) is 31.7 Å². The zero-order valence-electron chi connectivity index (χ0n) is 8.74. The number of nitrogens with one attached hydrogen (secondary N) is 2. The summed E-state index contributed by atoms with van der Waals surface area (Å²) in [6, 6.07) is 2.33. The maximum atomic E-state index is 9.11. The number of azide groups is 1. The van der Waals surface area contributed by atoms with E-state index >= 15 is 0 Å². The van der Waals surface area contributed by atoms with Gasteiger partial charge in [0.1, 0.15) is 5.54 Å². The Bertz CT molecular complexity index is 269. The average Bonchev–Trinajstić information content (AvgIpc) is 2.30. The summed E-state index contributed by atoms with van der Waals surface area (Å²) in [7, 11) is 0. The lowest BCUT2D eigenvalue weighted by Crippen LogP contribution is -2.55. The number of nitriles is 1.